The van der Waals surface area contributed by atoms with E-state index < -0.39 is 16.9 Å². The molecule has 0 bridgehead atoms. The number of aryl methyl sites for hydroxylation is 1. The average Bonchev–Trinajstić information content (AvgIpc) is 3.61. The Morgan fingerprint density at radius 1 is 1.11 bits per heavy atom. The van der Waals surface area contributed by atoms with E-state index in [0.29, 0.717) is 48.3 Å². The third-order valence-corrected chi connectivity index (χ3v) is 8.39. The lowest BCUT2D eigenvalue weighted by molar-refractivity contribution is -0.384. The van der Waals surface area contributed by atoms with Crippen LogP contribution in [0.1, 0.15) is 35.4 Å². The summed E-state index contributed by atoms with van der Waals surface area (Å²) in [6.07, 6.45) is 1.61. The van der Waals surface area contributed by atoms with E-state index in [-0.39, 0.29) is 23.4 Å². The molecular weight excluding hydrogens is 602 g/mol. The molecular formula is C33H24ClN3O6S. The van der Waals surface area contributed by atoms with Crippen LogP contribution in [-0.2, 0) is 9.53 Å². The second-order valence-electron chi connectivity index (χ2n) is 9.94. The molecule has 1 aliphatic heterocycles. The number of aromatic nitrogens is 1. The highest BCUT2D eigenvalue weighted by Crippen LogP contribution is 2.35. The molecule has 6 rings (SSSR count). The second kappa shape index (κ2) is 11.9. The average molecular weight is 626 g/mol. The summed E-state index contributed by atoms with van der Waals surface area (Å²) in [4.78, 5) is 43.7. The molecule has 0 fully saturated rings. The molecule has 5 aromatic rings. The Morgan fingerprint density at radius 3 is 2.57 bits per heavy atom. The number of rotatable bonds is 7. The number of hydrogen-bond acceptors (Lipinski definition) is 8. The SMILES string of the molecule is CCOC(=O)C1=C(c2ccccc2)N=c2s/c(=C\c3ccc(-c4cc([N+](=O)[O-])ccc4C)o3)c(=O)n2C1c1ccc(Cl)cc1. The van der Waals surface area contributed by atoms with E-state index in [0.717, 1.165) is 5.56 Å². The maximum atomic E-state index is 14.1. The van der Waals surface area contributed by atoms with Gasteiger partial charge in [0.25, 0.3) is 11.2 Å². The largest absolute Gasteiger partial charge is 0.463 e. The fourth-order valence-corrected chi connectivity index (χ4v) is 6.20. The van der Waals surface area contributed by atoms with Crippen LogP contribution in [-0.4, -0.2) is 22.1 Å². The van der Waals surface area contributed by atoms with E-state index in [1.54, 1.807) is 55.5 Å². The summed E-state index contributed by atoms with van der Waals surface area (Å²) >= 11 is 7.36. The molecule has 3 heterocycles. The summed E-state index contributed by atoms with van der Waals surface area (Å²) in [7, 11) is 0. The molecule has 44 heavy (non-hydrogen) atoms. The number of nitro benzene ring substituents is 1. The predicted octanol–water partition coefficient (Wildman–Crippen LogP) is 6.07. The van der Waals surface area contributed by atoms with Gasteiger partial charge in [-0.25, -0.2) is 9.79 Å². The number of nitro groups is 1. The molecule has 1 atom stereocenters. The fraction of sp³-hybridized carbons (Fsp3) is 0.121. The molecule has 0 aliphatic carbocycles. The Morgan fingerprint density at radius 2 is 1.86 bits per heavy atom. The molecule has 9 nitrogen and oxygen atoms in total. The highest BCUT2D eigenvalue weighted by atomic mass is 35.5. The van der Waals surface area contributed by atoms with Gasteiger partial charge in [-0.1, -0.05) is 71.5 Å². The van der Waals surface area contributed by atoms with Gasteiger partial charge in [0.05, 0.1) is 33.4 Å². The maximum Gasteiger partial charge on any atom is 0.338 e. The van der Waals surface area contributed by atoms with E-state index in [4.69, 9.17) is 25.7 Å². The highest BCUT2D eigenvalue weighted by molar-refractivity contribution is 7.07. The van der Waals surface area contributed by atoms with Gasteiger partial charge in [0.2, 0.25) is 0 Å². The molecule has 0 spiro atoms. The second-order valence-corrected chi connectivity index (χ2v) is 11.4. The molecule has 0 N–H and O–H groups in total. The molecule has 0 saturated carbocycles. The number of carbonyl (C=O) groups excluding carboxylic acids is 1. The zero-order valence-corrected chi connectivity index (χ0v) is 25.1. The number of nitrogens with zero attached hydrogens (tertiary/aromatic N) is 3. The third kappa shape index (κ3) is 5.41. The Hall–Kier alpha value is -5.06. The van der Waals surface area contributed by atoms with Crippen LogP contribution in [0.3, 0.4) is 0 Å². The van der Waals surface area contributed by atoms with Gasteiger partial charge in [-0.3, -0.25) is 19.5 Å². The lowest BCUT2D eigenvalue weighted by Gasteiger charge is -2.25. The van der Waals surface area contributed by atoms with Crippen LogP contribution in [0.25, 0.3) is 23.1 Å². The maximum absolute atomic E-state index is 14.1. The number of furan rings is 1. The number of halogens is 1. The normalized spacial score (nSPS) is 14.7. The minimum Gasteiger partial charge on any atom is -0.463 e. The van der Waals surface area contributed by atoms with Gasteiger partial charge < -0.3 is 9.15 Å². The predicted molar refractivity (Wildman–Crippen MR) is 168 cm³/mol. The summed E-state index contributed by atoms with van der Waals surface area (Å²) in [5.74, 6) is 0.236. The molecule has 220 valence electrons. The summed E-state index contributed by atoms with van der Waals surface area (Å²) in [5.41, 5.74) is 2.98. The Kier molecular flexibility index (Phi) is 7.86. The lowest BCUT2D eigenvalue weighted by Crippen LogP contribution is -2.39. The molecule has 2 aromatic heterocycles. The zero-order chi connectivity index (χ0) is 31.0. The number of fused-ring (bicyclic) bond motifs is 1. The first-order valence-electron chi connectivity index (χ1n) is 13.6. The Labute approximate surface area is 259 Å². The number of ether oxygens (including phenoxy) is 1. The van der Waals surface area contributed by atoms with Crippen molar-refractivity contribution in [1.29, 1.82) is 0 Å². The number of esters is 1. The quantitative estimate of drug-likeness (QED) is 0.123. The van der Waals surface area contributed by atoms with Gasteiger partial charge in [0, 0.05) is 34.4 Å². The van der Waals surface area contributed by atoms with Crippen molar-refractivity contribution >= 4 is 46.4 Å². The van der Waals surface area contributed by atoms with Gasteiger partial charge in [0.15, 0.2) is 4.80 Å². The van der Waals surface area contributed by atoms with Gasteiger partial charge in [-0.2, -0.15) is 0 Å². The molecule has 11 heteroatoms. The van der Waals surface area contributed by atoms with Crippen LogP contribution < -0.4 is 14.9 Å². The molecule has 0 saturated heterocycles. The minimum atomic E-state index is -0.834. The van der Waals surface area contributed by atoms with Crippen molar-refractivity contribution in [2.45, 2.75) is 19.9 Å². The summed E-state index contributed by atoms with van der Waals surface area (Å²) < 4.78 is 13.3. The van der Waals surface area contributed by atoms with Crippen LogP contribution in [0.2, 0.25) is 5.02 Å². The number of benzene rings is 3. The van der Waals surface area contributed by atoms with Crippen LogP contribution in [0, 0.1) is 17.0 Å². The summed E-state index contributed by atoms with van der Waals surface area (Å²) in [5, 5.41) is 11.8. The smallest absolute Gasteiger partial charge is 0.338 e. The van der Waals surface area contributed by atoms with E-state index >= 15 is 0 Å². The molecule has 1 unspecified atom stereocenters. The van der Waals surface area contributed by atoms with E-state index in [9.17, 15) is 19.7 Å². The minimum absolute atomic E-state index is 0.0503. The van der Waals surface area contributed by atoms with E-state index in [1.165, 1.54) is 28.0 Å². The van der Waals surface area contributed by atoms with Crippen molar-refractivity contribution in [3.05, 3.63) is 148 Å². The lowest BCUT2D eigenvalue weighted by atomic mass is 9.93. The number of hydrogen-bond donors (Lipinski definition) is 0. The molecule has 3 aromatic carbocycles. The summed E-state index contributed by atoms with van der Waals surface area (Å²) in [6, 6.07) is 23.4. The Bertz CT molecular complexity index is 2130. The van der Waals surface area contributed by atoms with Gasteiger partial charge in [0.1, 0.15) is 11.5 Å². The van der Waals surface area contributed by atoms with Crippen molar-refractivity contribution in [2.75, 3.05) is 6.61 Å². The third-order valence-electron chi connectivity index (χ3n) is 7.16. The van der Waals surface area contributed by atoms with Crippen molar-refractivity contribution in [3.8, 4) is 11.3 Å². The van der Waals surface area contributed by atoms with E-state index in [1.807, 2.05) is 37.3 Å². The first-order chi connectivity index (χ1) is 21.2. The Balaban J connectivity index is 1.54. The van der Waals surface area contributed by atoms with Gasteiger partial charge >= 0.3 is 5.97 Å². The van der Waals surface area contributed by atoms with Crippen molar-refractivity contribution in [1.82, 2.24) is 4.57 Å². The monoisotopic (exact) mass is 625 g/mol. The zero-order valence-electron chi connectivity index (χ0n) is 23.5. The molecule has 0 radical (unpaired) electrons. The number of non-ortho nitro benzene ring substituents is 1. The standard InChI is InChI=1S/C33H24ClN3O6S/c1-3-42-32(39)28-29(20-7-5-4-6-8-20)35-33-36(30(28)21-10-12-22(34)13-11-21)31(38)27(44-33)18-24-15-16-26(43-24)25-17-23(37(40)41)14-9-19(25)2/h4-18,30H,3H2,1-2H3/b27-18-. The first kappa shape index (κ1) is 29.0. The summed E-state index contributed by atoms with van der Waals surface area (Å²) in [6.45, 7) is 3.70. The fourth-order valence-electron chi connectivity index (χ4n) is 5.09. The number of carbonyl (C=O) groups is 1. The van der Waals surface area contributed by atoms with Crippen LogP contribution >= 0.6 is 22.9 Å². The van der Waals surface area contributed by atoms with E-state index in [2.05, 4.69) is 0 Å². The highest BCUT2D eigenvalue weighted by Gasteiger charge is 2.35. The van der Waals surface area contributed by atoms with Crippen LogP contribution in [0.4, 0.5) is 5.69 Å². The van der Waals surface area contributed by atoms with Crippen molar-refractivity contribution < 1.29 is 18.9 Å². The first-order valence-corrected chi connectivity index (χ1v) is 14.8. The van der Waals surface area contributed by atoms with Crippen molar-refractivity contribution in [2.24, 2.45) is 4.99 Å². The van der Waals surface area contributed by atoms with Gasteiger partial charge in [-0.15, -0.1) is 0 Å². The topological polar surface area (TPSA) is 117 Å². The van der Waals surface area contributed by atoms with Gasteiger partial charge in [-0.05, 0) is 49.2 Å². The molecule has 1 aliphatic rings. The van der Waals surface area contributed by atoms with Crippen molar-refractivity contribution in [3.63, 3.8) is 0 Å². The van der Waals surface area contributed by atoms with Crippen LogP contribution in [0.5, 0.6) is 0 Å². The molecule has 0 amide bonds. The number of thiazole rings is 1. The van der Waals surface area contributed by atoms with Crippen LogP contribution in [0.15, 0.2) is 105 Å².